The number of hydrogen-bond acceptors (Lipinski definition) is 3. The molecule has 0 unspecified atom stereocenters. The molecular weight excluding hydrogens is 252 g/mol. The summed E-state index contributed by atoms with van der Waals surface area (Å²) in [7, 11) is 0. The third kappa shape index (κ3) is 5.56. The van der Waals surface area contributed by atoms with Crippen molar-refractivity contribution in [3.05, 3.63) is 41.6 Å². The van der Waals surface area contributed by atoms with Gasteiger partial charge in [0.2, 0.25) is 6.41 Å². The number of nitrogen functional groups attached to an aromatic ring is 1. The highest BCUT2D eigenvalue weighted by Crippen LogP contribution is 2.12. The van der Waals surface area contributed by atoms with Crippen molar-refractivity contribution in [3.63, 3.8) is 0 Å². The molecule has 1 aromatic heterocycles. The van der Waals surface area contributed by atoms with E-state index in [1.165, 1.54) is 0 Å². The van der Waals surface area contributed by atoms with E-state index in [0.29, 0.717) is 12.2 Å². The van der Waals surface area contributed by atoms with E-state index in [4.69, 9.17) is 5.73 Å². The second-order valence-electron chi connectivity index (χ2n) is 3.78. The van der Waals surface area contributed by atoms with E-state index >= 15 is 0 Å². The number of amides is 1. The Kier molecular flexibility index (Phi) is 8.50. The van der Waals surface area contributed by atoms with Gasteiger partial charge >= 0.3 is 0 Å². The Morgan fingerprint density at radius 2 is 2.05 bits per heavy atom. The van der Waals surface area contributed by atoms with Crippen molar-refractivity contribution in [2.24, 2.45) is 0 Å². The van der Waals surface area contributed by atoms with Gasteiger partial charge in [0.25, 0.3) is 0 Å². The number of hydrogen-bond donors (Lipinski definition) is 3. The van der Waals surface area contributed by atoms with Gasteiger partial charge in [0.15, 0.2) is 0 Å². The van der Waals surface area contributed by atoms with Crippen LogP contribution in [0, 0.1) is 0 Å². The van der Waals surface area contributed by atoms with Crippen LogP contribution in [0.3, 0.4) is 0 Å². The molecule has 20 heavy (non-hydrogen) atoms. The summed E-state index contributed by atoms with van der Waals surface area (Å²) in [6, 6.07) is 9.58. The SMILES string of the molecule is C.CC.Nc1cc(CCc2cccc(NC=O)c2)[nH]n1. The maximum Gasteiger partial charge on any atom is 0.211 e. The highest BCUT2D eigenvalue weighted by Gasteiger charge is 2.00. The summed E-state index contributed by atoms with van der Waals surface area (Å²) >= 11 is 0. The first-order valence-corrected chi connectivity index (χ1v) is 6.37. The van der Waals surface area contributed by atoms with Gasteiger partial charge < -0.3 is 11.1 Å². The van der Waals surface area contributed by atoms with Gasteiger partial charge in [-0.15, -0.1) is 0 Å². The number of nitrogens with two attached hydrogens (primary N) is 1. The van der Waals surface area contributed by atoms with Gasteiger partial charge in [-0.1, -0.05) is 33.4 Å². The number of nitrogens with zero attached hydrogens (tertiary/aromatic N) is 1. The van der Waals surface area contributed by atoms with Gasteiger partial charge in [0, 0.05) is 17.4 Å². The largest absolute Gasteiger partial charge is 0.382 e. The van der Waals surface area contributed by atoms with Crippen LogP contribution < -0.4 is 11.1 Å². The predicted molar refractivity (Wildman–Crippen MR) is 84.6 cm³/mol. The fraction of sp³-hybridized carbons (Fsp3) is 0.333. The quantitative estimate of drug-likeness (QED) is 0.734. The Morgan fingerprint density at radius 3 is 2.65 bits per heavy atom. The first-order valence-electron chi connectivity index (χ1n) is 6.37. The molecule has 5 heteroatoms. The third-order valence-electron chi connectivity index (χ3n) is 2.49. The number of carbonyl (C=O) groups excluding carboxylic acids is 1. The van der Waals surface area contributed by atoms with E-state index in [0.717, 1.165) is 29.8 Å². The Balaban J connectivity index is 0.00000115. The number of aryl methyl sites for hydroxylation is 2. The summed E-state index contributed by atoms with van der Waals surface area (Å²) in [6.45, 7) is 4.00. The average molecular weight is 276 g/mol. The fourth-order valence-electron chi connectivity index (χ4n) is 1.67. The van der Waals surface area contributed by atoms with Crippen molar-refractivity contribution >= 4 is 17.9 Å². The van der Waals surface area contributed by atoms with Crippen molar-refractivity contribution in [2.45, 2.75) is 34.1 Å². The maximum atomic E-state index is 10.3. The predicted octanol–water partition coefficient (Wildman–Crippen LogP) is 3.01. The van der Waals surface area contributed by atoms with Crippen LogP contribution in [0.1, 0.15) is 32.5 Å². The van der Waals surface area contributed by atoms with Crippen LogP contribution in [0.25, 0.3) is 0 Å². The van der Waals surface area contributed by atoms with E-state index < -0.39 is 0 Å². The minimum atomic E-state index is 0. The monoisotopic (exact) mass is 276 g/mol. The van der Waals surface area contributed by atoms with E-state index in [1.807, 2.05) is 44.2 Å². The molecule has 0 bridgehead atoms. The van der Waals surface area contributed by atoms with Crippen LogP contribution in [0.5, 0.6) is 0 Å². The number of aromatic nitrogens is 2. The lowest BCUT2D eigenvalue weighted by Crippen LogP contribution is -1.96. The second-order valence-corrected chi connectivity index (χ2v) is 3.78. The number of aromatic amines is 1. The topological polar surface area (TPSA) is 83.8 Å². The molecule has 110 valence electrons. The molecule has 0 fully saturated rings. The van der Waals surface area contributed by atoms with Crippen molar-refractivity contribution in [1.82, 2.24) is 10.2 Å². The smallest absolute Gasteiger partial charge is 0.211 e. The summed E-state index contributed by atoms with van der Waals surface area (Å²) in [5.74, 6) is 0.511. The number of carbonyl (C=O) groups is 1. The van der Waals surface area contributed by atoms with Crippen LogP contribution in [-0.2, 0) is 17.6 Å². The molecule has 0 radical (unpaired) electrons. The third-order valence-corrected chi connectivity index (χ3v) is 2.49. The number of rotatable bonds is 5. The number of nitrogens with one attached hydrogen (secondary N) is 2. The van der Waals surface area contributed by atoms with Crippen molar-refractivity contribution in [1.29, 1.82) is 0 Å². The molecule has 0 saturated heterocycles. The van der Waals surface area contributed by atoms with Crippen LogP contribution in [-0.4, -0.2) is 16.6 Å². The van der Waals surface area contributed by atoms with Crippen molar-refractivity contribution < 1.29 is 4.79 Å². The van der Waals surface area contributed by atoms with Gasteiger partial charge in [-0.2, -0.15) is 5.10 Å². The molecule has 0 aliphatic rings. The van der Waals surface area contributed by atoms with Crippen LogP contribution in [0.4, 0.5) is 11.5 Å². The van der Waals surface area contributed by atoms with E-state index in [-0.39, 0.29) is 7.43 Å². The van der Waals surface area contributed by atoms with Gasteiger partial charge in [-0.05, 0) is 30.5 Å². The summed E-state index contributed by atoms with van der Waals surface area (Å²) in [5.41, 5.74) is 8.49. The molecule has 1 amide bonds. The van der Waals surface area contributed by atoms with Crippen LogP contribution >= 0.6 is 0 Å². The molecule has 0 atom stereocenters. The standard InChI is InChI=1S/C12H14N4O.C2H6.CH4/c13-12-7-11(15-16-12)5-4-9-2-1-3-10(6-9)14-8-17;1-2;/h1-3,6-8H,4-5H2,(H,14,17)(H3,13,15,16);1-2H3;1H4. The van der Waals surface area contributed by atoms with Crippen LogP contribution in [0.15, 0.2) is 30.3 Å². The zero-order chi connectivity index (χ0) is 14.1. The summed E-state index contributed by atoms with van der Waals surface area (Å²) in [4.78, 5) is 10.3. The minimum Gasteiger partial charge on any atom is -0.382 e. The zero-order valence-electron chi connectivity index (χ0n) is 11.3. The first-order chi connectivity index (χ1) is 9.28. The van der Waals surface area contributed by atoms with E-state index in [1.54, 1.807) is 0 Å². The first kappa shape index (κ1) is 17.7. The van der Waals surface area contributed by atoms with Crippen molar-refractivity contribution in [2.75, 3.05) is 11.1 Å². The highest BCUT2D eigenvalue weighted by molar-refractivity contribution is 5.71. The lowest BCUT2D eigenvalue weighted by atomic mass is 10.1. The number of anilines is 2. The molecular formula is C15H24N4O. The lowest BCUT2D eigenvalue weighted by molar-refractivity contribution is -0.105. The van der Waals surface area contributed by atoms with Crippen molar-refractivity contribution in [3.8, 4) is 0 Å². The van der Waals surface area contributed by atoms with Gasteiger partial charge in [0.1, 0.15) is 5.82 Å². The normalized spacial score (nSPS) is 8.90. The Hall–Kier alpha value is -2.30. The molecule has 0 spiro atoms. The highest BCUT2D eigenvalue weighted by atomic mass is 16.1. The van der Waals surface area contributed by atoms with E-state index in [2.05, 4.69) is 15.5 Å². The summed E-state index contributed by atoms with van der Waals surface area (Å²) < 4.78 is 0. The molecule has 1 aromatic carbocycles. The molecule has 0 aliphatic carbocycles. The summed E-state index contributed by atoms with van der Waals surface area (Å²) in [6.07, 6.45) is 2.39. The summed E-state index contributed by atoms with van der Waals surface area (Å²) in [5, 5.41) is 9.37. The Bertz CT molecular complexity index is 508. The molecule has 0 aliphatic heterocycles. The Labute approximate surface area is 120 Å². The lowest BCUT2D eigenvalue weighted by Gasteiger charge is -2.03. The zero-order valence-corrected chi connectivity index (χ0v) is 11.3. The number of H-pyrrole nitrogens is 1. The minimum absolute atomic E-state index is 0. The fourth-order valence-corrected chi connectivity index (χ4v) is 1.67. The molecule has 2 rings (SSSR count). The molecule has 0 saturated carbocycles. The van der Waals surface area contributed by atoms with Gasteiger partial charge in [-0.25, -0.2) is 0 Å². The average Bonchev–Trinajstić information content (AvgIpc) is 2.86. The maximum absolute atomic E-state index is 10.3. The van der Waals surface area contributed by atoms with Crippen LogP contribution in [0.2, 0.25) is 0 Å². The van der Waals surface area contributed by atoms with E-state index in [9.17, 15) is 4.79 Å². The van der Waals surface area contributed by atoms with Gasteiger partial charge in [0.05, 0.1) is 0 Å². The second kappa shape index (κ2) is 9.61. The number of benzene rings is 1. The molecule has 1 heterocycles. The Morgan fingerprint density at radius 1 is 1.30 bits per heavy atom. The molecule has 4 N–H and O–H groups in total. The molecule has 5 nitrogen and oxygen atoms in total. The molecule has 2 aromatic rings. The van der Waals surface area contributed by atoms with Gasteiger partial charge in [-0.3, -0.25) is 9.89 Å².